The van der Waals surface area contributed by atoms with Gasteiger partial charge in [0.25, 0.3) is 5.91 Å². The van der Waals surface area contributed by atoms with E-state index in [0.717, 1.165) is 17.6 Å². The Morgan fingerprint density at radius 1 is 1.00 bits per heavy atom. The number of carbonyl (C=O) groups excluding carboxylic acids is 1. The fraction of sp³-hybridized carbons (Fsp3) is 0.167. The molecule has 0 aromatic heterocycles. The summed E-state index contributed by atoms with van der Waals surface area (Å²) >= 11 is 0. The maximum Gasteiger partial charge on any atom is 0.251 e. The lowest BCUT2D eigenvalue weighted by Crippen LogP contribution is -2.36. The molecule has 1 aliphatic carbocycles. The molecule has 0 saturated carbocycles. The first-order valence-electron chi connectivity index (χ1n) is 9.37. The minimum atomic E-state index is -0.119. The molecule has 1 heterocycles. The highest BCUT2D eigenvalue weighted by molar-refractivity contribution is 5.94. The predicted molar refractivity (Wildman–Crippen MR) is 113 cm³/mol. The number of amides is 1. The third-order valence-corrected chi connectivity index (χ3v) is 4.58. The molecular formula is C24H23N3O. The van der Waals surface area contributed by atoms with Gasteiger partial charge in [-0.05, 0) is 29.7 Å². The molecule has 4 heteroatoms. The summed E-state index contributed by atoms with van der Waals surface area (Å²) in [6.07, 6.45) is 17.1. The first-order valence-corrected chi connectivity index (χ1v) is 9.37. The van der Waals surface area contributed by atoms with E-state index in [1.54, 1.807) is 17.0 Å². The Morgan fingerprint density at radius 2 is 1.68 bits per heavy atom. The van der Waals surface area contributed by atoms with Crippen LogP contribution in [0.1, 0.15) is 22.3 Å². The van der Waals surface area contributed by atoms with Gasteiger partial charge in [0, 0.05) is 24.7 Å². The van der Waals surface area contributed by atoms with Gasteiger partial charge < -0.3 is 10.2 Å². The van der Waals surface area contributed by atoms with Crippen LogP contribution in [0, 0.1) is 11.5 Å². The Hall–Kier alpha value is -3.58. The number of nitrogens with zero attached hydrogens (tertiary/aromatic N) is 2. The van der Waals surface area contributed by atoms with E-state index in [1.165, 1.54) is 0 Å². The summed E-state index contributed by atoms with van der Waals surface area (Å²) in [5, 5.41) is 12.0. The highest BCUT2D eigenvalue weighted by Crippen LogP contribution is 2.16. The number of hydrogen-bond acceptors (Lipinski definition) is 3. The first kappa shape index (κ1) is 19.2. The van der Waals surface area contributed by atoms with Gasteiger partial charge in [0.1, 0.15) is 0 Å². The molecule has 1 N–H and O–H groups in total. The summed E-state index contributed by atoms with van der Waals surface area (Å²) in [4.78, 5) is 14.2. The average molecular weight is 369 g/mol. The van der Waals surface area contributed by atoms with Gasteiger partial charge in [0.05, 0.1) is 0 Å². The Morgan fingerprint density at radius 3 is 2.39 bits per heavy atom. The molecule has 0 unspecified atom stereocenters. The molecule has 1 fully saturated rings. The van der Waals surface area contributed by atoms with Crippen LogP contribution in [-0.2, 0) is 0 Å². The SMILES string of the molecule is N#CN1CC[C@@H](NC(=O)c2ccccc(C3=C/C=C\C=C/C=C\3)cccc2)C1. The Balaban J connectivity index is 1.77. The molecule has 140 valence electrons. The number of carbonyl (C=O) groups is 1. The van der Waals surface area contributed by atoms with Crippen LogP contribution in [0.2, 0.25) is 0 Å². The largest absolute Gasteiger partial charge is 0.347 e. The van der Waals surface area contributed by atoms with E-state index in [9.17, 15) is 4.79 Å². The van der Waals surface area contributed by atoms with Crippen molar-refractivity contribution in [1.29, 1.82) is 5.26 Å². The summed E-state index contributed by atoms with van der Waals surface area (Å²) in [6.45, 7) is 1.27. The molecule has 1 aromatic rings. The smallest absolute Gasteiger partial charge is 0.251 e. The second-order valence-electron chi connectivity index (χ2n) is 6.60. The van der Waals surface area contributed by atoms with E-state index < -0.39 is 0 Å². The molecule has 1 amide bonds. The van der Waals surface area contributed by atoms with Crippen LogP contribution in [0.4, 0.5) is 0 Å². The van der Waals surface area contributed by atoms with Gasteiger partial charge in [-0.25, -0.2) is 0 Å². The van der Waals surface area contributed by atoms with Gasteiger partial charge in [-0.2, -0.15) is 5.26 Å². The van der Waals surface area contributed by atoms with E-state index >= 15 is 0 Å². The number of hydrogen-bond donors (Lipinski definition) is 1. The van der Waals surface area contributed by atoms with E-state index in [2.05, 4.69) is 23.7 Å². The summed E-state index contributed by atoms with van der Waals surface area (Å²) in [6, 6.07) is 15.3. The van der Waals surface area contributed by atoms with Crippen molar-refractivity contribution in [3.05, 3.63) is 102 Å². The Bertz CT molecular complexity index is 905. The molecule has 3 rings (SSSR count). The zero-order valence-corrected chi connectivity index (χ0v) is 15.7. The van der Waals surface area contributed by atoms with E-state index in [4.69, 9.17) is 5.26 Å². The van der Waals surface area contributed by atoms with Gasteiger partial charge in [0.2, 0.25) is 0 Å². The van der Waals surface area contributed by atoms with Crippen LogP contribution in [0.5, 0.6) is 0 Å². The van der Waals surface area contributed by atoms with Crippen molar-refractivity contribution in [1.82, 2.24) is 10.2 Å². The minimum absolute atomic E-state index is 0.0167. The Labute approximate surface area is 166 Å². The number of nitrogens with one attached hydrogen (secondary N) is 1. The molecule has 0 bridgehead atoms. The summed E-state index contributed by atoms with van der Waals surface area (Å²) in [5.74, 6) is -0.119. The van der Waals surface area contributed by atoms with E-state index in [0.29, 0.717) is 18.7 Å². The number of nitriles is 1. The van der Waals surface area contributed by atoms with Crippen molar-refractivity contribution >= 4 is 11.5 Å². The van der Waals surface area contributed by atoms with Crippen LogP contribution in [0.3, 0.4) is 0 Å². The molecular weight excluding hydrogens is 346 g/mol. The molecule has 4 nitrogen and oxygen atoms in total. The van der Waals surface area contributed by atoms with E-state index in [1.807, 2.05) is 66.8 Å². The third-order valence-electron chi connectivity index (χ3n) is 4.58. The van der Waals surface area contributed by atoms with Gasteiger partial charge in [-0.15, -0.1) is 0 Å². The van der Waals surface area contributed by atoms with Crippen molar-refractivity contribution in [2.45, 2.75) is 12.5 Å². The second-order valence-corrected chi connectivity index (χ2v) is 6.60. The summed E-state index contributed by atoms with van der Waals surface area (Å²) in [5.41, 5.74) is 2.79. The summed E-state index contributed by atoms with van der Waals surface area (Å²) < 4.78 is 0. The minimum Gasteiger partial charge on any atom is -0.347 e. The van der Waals surface area contributed by atoms with Crippen molar-refractivity contribution < 1.29 is 4.79 Å². The second kappa shape index (κ2) is 9.94. The number of rotatable bonds is 3. The highest BCUT2D eigenvalue weighted by Gasteiger charge is 2.23. The number of likely N-dealkylation sites (tertiary alicyclic amines) is 1. The monoisotopic (exact) mass is 369 g/mol. The van der Waals surface area contributed by atoms with Crippen LogP contribution in [0.25, 0.3) is 5.57 Å². The summed E-state index contributed by atoms with van der Waals surface area (Å²) in [7, 11) is 0. The highest BCUT2D eigenvalue weighted by atomic mass is 16.1. The molecule has 0 spiro atoms. The molecule has 1 aromatic carbocycles. The topological polar surface area (TPSA) is 56.1 Å². The normalized spacial score (nSPS) is 23.0. The zero-order valence-electron chi connectivity index (χ0n) is 15.7. The van der Waals surface area contributed by atoms with Crippen LogP contribution in [0.15, 0.2) is 91.1 Å². The van der Waals surface area contributed by atoms with Gasteiger partial charge >= 0.3 is 0 Å². The van der Waals surface area contributed by atoms with Gasteiger partial charge in [0.15, 0.2) is 6.19 Å². The average Bonchev–Trinajstić information content (AvgIpc) is 3.13. The molecule has 2 aliphatic rings. The van der Waals surface area contributed by atoms with Crippen molar-refractivity contribution in [3.63, 3.8) is 0 Å². The predicted octanol–water partition coefficient (Wildman–Crippen LogP) is 4.16. The van der Waals surface area contributed by atoms with Gasteiger partial charge in [-0.3, -0.25) is 4.79 Å². The van der Waals surface area contributed by atoms with Crippen molar-refractivity contribution in [2.75, 3.05) is 13.1 Å². The van der Waals surface area contributed by atoms with Crippen molar-refractivity contribution in [2.24, 2.45) is 0 Å². The van der Waals surface area contributed by atoms with E-state index in [-0.39, 0.29) is 11.9 Å². The standard InChI is InChI=1S/C24H23N3O/c25-19-27-17-16-23(18-27)26-24(28)22-14-8-6-12-21(13-7-9-15-22)20-10-4-2-1-3-5-11-20/h1-15,23H,16-18H2,(H,26,28)/b2-1-,3-1?,4-2?,5-3-,8-6?,9-7?,10-4-,11-5?,12-6?,13-7?,14-8?,15-9?,20-10?,20-11+,21-12?,21-13?,22-14?,22-15?/t23-/m1/s1. The fourth-order valence-corrected chi connectivity index (χ4v) is 3.09. The fourth-order valence-electron chi connectivity index (χ4n) is 3.09. The lowest BCUT2D eigenvalue weighted by Gasteiger charge is -2.11. The molecule has 1 atom stereocenters. The molecule has 28 heavy (non-hydrogen) atoms. The first-order chi connectivity index (χ1) is 13.8. The van der Waals surface area contributed by atoms with Gasteiger partial charge in [-0.1, -0.05) is 78.9 Å². The molecule has 1 aliphatic heterocycles. The maximum absolute atomic E-state index is 12.6. The lowest BCUT2D eigenvalue weighted by atomic mass is 10.0. The lowest BCUT2D eigenvalue weighted by molar-refractivity contribution is 0.0939. The zero-order chi connectivity index (χ0) is 19.6. The molecule has 0 radical (unpaired) electrons. The van der Waals surface area contributed by atoms with Crippen molar-refractivity contribution in [3.8, 4) is 6.19 Å². The van der Waals surface area contributed by atoms with Crippen LogP contribution < -0.4 is 5.32 Å². The molecule has 1 saturated heterocycles. The Kier molecular flexibility index (Phi) is 6.81. The number of allylic oxidation sites excluding steroid dienone is 8. The quantitative estimate of drug-likeness (QED) is 0.814. The third kappa shape index (κ3) is 5.46. The van der Waals surface area contributed by atoms with Crippen LogP contribution >= 0.6 is 0 Å². The van der Waals surface area contributed by atoms with Crippen LogP contribution in [-0.4, -0.2) is 29.9 Å². The maximum atomic E-state index is 12.6.